The van der Waals surface area contributed by atoms with Crippen LogP contribution >= 0.6 is 0 Å². The van der Waals surface area contributed by atoms with Crippen LogP contribution in [-0.4, -0.2) is 50.6 Å². The second kappa shape index (κ2) is 7.09. The van der Waals surface area contributed by atoms with Crippen molar-refractivity contribution in [1.29, 1.82) is 0 Å². The number of nitrogens with two attached hydrogens (primary N) is 1. The van der Waals surface area contributed by atoms with Crippen LogP contribution in [0, 0.1) is 0 Å². The van der Waals surface area contributed by atoms with E-state index in [1.807, 2.05) is 20.8 Å². The van der Waals surface area contributed by atoms with E-state index in [1.54, 1.807) is 7.05 Å². The second-order valence-corrected chi connectivity index (χ2v) is 5.46. The van der Waals surface area contributed by atoms with Crippen molar-refractivity contribution in [3.8, 4) is 0 Å². The van der Waals surface area contributed by atoms with Gasteiger partial charge in [0.25, 0.3) is 0 Å². The van der Waals surface area contributed by atoms with Gasteiger partial charge in [-0.05, 0) is 33.7 Å². The molecule has 0 aliphatic heterocycles. The monoisotopic (exact) mass is 282 g/mol. The molecule has 0 aromatic carbocycles. The number of carbonyl (C=O) groups excluding carboxylic acids is 1. The molecule has 0 unspecified atom stereocenters. The maximum absolute atomic E-state index is 11.8. The topological polar surface area (TPSA) is 107 Å². The van der Waals surface area contributed by atoms with Crippen LogP contribution in [0.15, 0.2) is 0 Å². The van der Waals surface area contributed by atoms with Gasteiger partial charge in [-0.2, -0.15) is 0 Å². The average molecular weight is 282 g/mol. The molecule has 0 fully saturated rings. The van der Waals surface area contributed by atoms with E-state index < -0.39 is 11.7 Å². The van der Waals surface area contributed by atoms with Crippen LogP contribution in [0.5, 0.6) is 0 Å². The SMILES string of the molecule is CN(Cc1nnc(CCCN)nn1)C(=O)OC(C)(C)C. The van der Waals surface area contributed by atoms with E-state index in [1.165, 1.54) is 4.90 Å². The lowest BCUT2D eigenvalue weighted by molar-refractivity contribution is 0.0280. The van der Waals surface area contributed by atoms with E-state index in [0.29, 0.717) is 24.6 Å². The summed E-state index contributed by atoms with van der Waals surface area (Å²) in [5.41, 5.74) is 4.87. The van der Waals surface area contributed by atoms with Gasteiger partial charge in [-0.3, -0.25) is 0 Å². The molecule has 20 heavy (non-hydrogen) atoms. The summed E-state index contributed by atoms with van der Waals surface area (Å²) in [6, 6.07) is 0. The summed E-state index contributed by atoms with van der Waals surface area (Å²) >= 11 is 0. The molecular weight excluding hydrogens is 260 g/mol. The number of rotatable bonds is 5. The Labute approximate surface area is 118 Å². The van der Waals surface area contributed by atoms with Gasteiger partial charge in [0.1, 0.15) is 5.60 Å². The highest BCUT2D eigenvalue weighted by Gasteiger charge is 2.20. The first-order valence-corrected chi connectivity index (χ1v) is 6.51. The Balaban J connectivity index is 2.53. The van der Waals surface area contributed by atoms with Gasteiger partial charge in [-0.25, -0.2) is 4.79 Å². The van der Waals surface area contributed by atoms with Gasteiger partial charge >= 0.3 is 6.09 Å². The quantitative estimate of drug-likeness (QED) is 0.839. The Bertz CT molecular complexity index is 429. The van der Waals surface area contributed by atoms with Gasteiger partial charge in [0.2, 0.25) is 0 Å². The standard InChI is InChI=1S/C12H22N6O2/c1-12(2,3)20-11(19)18(4)8-10-16-14-9(15-17-10)6-5-7-13/h5-8,13H2,1-4H3. The first-order valence-electron chi connectivity index (χ1n) is 6.51. The Morgan fingerprint density at radius 3 is 2.25 bits per heavy atom. The third-order valence-electron chi connectivity index (χ3n) is 2.25. The molecule has 1 amide bonds. The molecular formula is C12H22N6O2. The molecule has 0 saturated carbocycles. The molecule has 0 aliphatic carbocycles. The van der Waals surface area contributed by atoms with Crippen molar-refractivity contribution >= 4 is 6.09 Å². The molecule has 1 heterocycles. The summed E-state index contributed by atoms with van der Waals surface area (Å²) in [4.78, 5) is 13.1. The summed E-state index contributed by atoms with van der Waals surface area (Å²) < 4.78 is 5.23. The number of aromatic nitrogens is 4. The van der Waals surface area contributed by atoms with E-state index in [0.717, 1.165) is 6.42 Å². The van der Waals surface area contributed by atoms with Gasteiger partial charge < -0.3 is 15.4 Å². The Kier molecular flexibility index (Phi) is 5.75. The lowest BCUT2D eigenvalue weighted by Crippen LogP contribution is -2.34. The number of hydrogen-bond donors (Lipinski definition) is 1. The van der Waals surface area contributed by atoms with Crippen LogP contribution in [0.4, 0.5) is 4.79 Å². The molecule has 0 atom stereocenters. The van der Waals surface area contributed by atoms with Crippen LogP contribution in [0.3, 0.4) is 0 Å². The number of ether oxygens (including phenoxy) is 1. The lowest BCUT2D eigenvalue weighted by Gasteiger charge is -2.23. The molecule has 8 heteroatoms. The van der Waals surface area contributed by atoms with Crippen molar-refractivity contribution in [2.24, 2.45) is 5.73 Å². The highest BCUT2D eigenvalue weighted by Crippen LogP contribution is 2.09. The first-order chi connectivity index (χ1) is 9.31. The van der Waals surface area contributed by atoms with E-state index in [-0.39, 0.29) is 6.54 Å². The summed E-state index contributed by atoms with van der Waals surface area (Å²) in [6.07, 6.45) is 1.01. The molecule has 112 valence electrons. The molecule has 2 N–H and O–H groups in total. The fourth-order valence-electron chi connectivity index (χ4n) is 1.31. The van der Waals surface area contributed by atoms with Crippen molar-refractivity contribution in [2.75, 3.05) is 13.6 Å². The Hall–Kier alpha value is -1.83. The van der Waals surface area contributed by atoms with Crippen molar-refractivity contribution in [2.45, 2.75) is 45.8 Å². The summed E-state index contributed by atoms with van der Waals surface area (Å²) in [5, 5.41) is 15.8. The molecule has 0 radical (unpaired) electrons. The van der Waals surface area contributed by atoms with E-state index in [9.17, 15) is 4.79 Å². The van der Waals surface area contributed by atoms with Crippen molar-refractivity contribution in [3.05, 3.63) is 11.6 Å². The fourth-order valence-corrected chi connectivity index (χ4v) is 1.31. The van der Waals surface area contributed by atoms with Gasteiger partial charge in [-0.1, -0.05) is 0 Å². The highest BCUT2D eigenvalue weighted by molar-refractivity contribution is 5.67. The van der Waals surface area contributed by atoms with E-state index >= 15 is 0 Å². The van der Waals surface area contributed by atoms with E-state index in [2.05, 4.69) is 20.4 Å². The largest absolute Gasteiger partial charge is 0.444 e. The third kappa shape index (κ3) is 5.87. The van der Waals surface area contributed by atoms with Gasteiger partial charge in [-0.15, -0.1) is 20.4 Å². The molecule has 0 aliphatic rings. The minimum absolute atomic E-state index is 0.200. The lowest BCUT2D eigenvalue weighted by atomic mass is 10.2. The molecule has 0 spiro atoms. The number of nitrogens with zero attached hydrogens (tertiary/aromatic N) is 5. The summed E-state index contributed by atoms with van der Waals surface area (Å²) in [5.74, 6) is 0.925. The smallest absolute Gasteiger partial charge is 0.410 e. The molecule has 0 bridgehead atoms. The van der Waals surface area contributed by atoms with Gasteiger partial charge in [0.05, 0.1) is 6.54 Å². The first kappa shape index (κ1) is 16.2. The normalized spacial score (nSPS) is 11.2. The maximum atomic E-state index is 11.8. The Morgan fingerprint density at radius 1 is 1.20 bits per heavy atom. The zero-order chi connectivity index (χ0) is 15.2. The van der Waals surface area contributed by atoms with Crippen LogP contribution in [0.1, 0.15) is 38.8 Å². The van der Waals surface area contributed by atoms with Crippen molar-refractivity contribution < 1.29 is 9.53 Å². The van der Waals surface area contributed by atoms with Gasteiger partial charge in [0, 0.05) is 13.5 Å². The average Bonchev–Trinajstić information content (AvgIpc) is 2.36. The molecule has 1 aromatic heterocycles. The van der Waals surface area contributed by atoms with Crippen molar-refractivity contribution in [1.82, 2.24) is 25.3 Å². The molecule has 8 nitrogen and oxygen atoms in total. The zero-order valence-corrected chi connectivity index (χ0v) is 12.5. The van der Waals surface area contributed by atoms with Crippen LogP contribution < -0.4 is 5.73 Å². The zero-order valence-electron chi connectivity index (χ0n) is 12.5. The summed E-state index contributed by atoms with van der Waals surface area (Å²) in [7, 11) is 1.61. The minimum Gasteiger partial charge on any atom is -0.444 e. The van der Waals surface area contributed by atoms with Crippen molar-refractivity contribution in [3.63, 3.8) is 0 Å². The van der Waals surface area contributed by atoms with Crippen LogP contribution in [0.25, 0.3) is 0 Å². The summed E-state index contributed by atoms with van der Waals surface area (Å²) in [6.45, 7) is 6.21. The number of carbonyl (C=O) groups is 1. The van der Waals surface area contributed by atoms with E-state index in [4.69, 9.17) is 10.5 Å². The van der Waals surface area contributed by atoms with Crippen LogP contribution in [-0.2, 0) is 17.7 Å². The second-order valence-electron chi connectivity index (χ2n) is 5.46. The number of hydrogen-bond acceptors (Lipinski definition) is 7. The molecule has 1 aromatic rings. The maximum Gasteiger partial charge on any atom is 0.410 e. The third-order valence-corrected chi connectivity index (χ3v) is 2.25. The van der Waals surface area contributed by atoms with Gasteiger partial charge in [0.15, 0.2) is 11.6 Å². The highest BCUT2D eigenvalue weighted by atomic mass is 16.6. The molecule has 1 rings (SSSR count). The predicted molar refractivity (Wildman–Crippen MR) is 72.7 cm³/mol. The number of aryl methyl sites for hydroxylation is 1. The fraction of sp³-hybridized carbons (Fsp3) is 0.750. The predicted octanol–water partition coefficient (Wildman–Crippen LogP) is 0.525. The minimum atomic E-state index is -0.533. The number of amides is 1. The van der Waals surface area contributed by atoms with Crippen LogP contribution in [0.2, 0.25) is 0 Å². The molecule has 0 saturated heterocycles. The Morgan fingerprint density at radius 2 is 1.75 bits per heavy atom.